The molecule has 98 valence electrons. The summed E-state index contributed by atoms with van der Waals surface area (Å²) in [7, 11) is 0. The molecule has 1 aliphatic heterocycles. The van der Waals surface area contributed by atoms with Gasteiger partial charge in [-0.25, -0.2) is 9.69 Å². The fourth-order valence-electron chi connectivity index (χ4n) is 1.88. The van der Waals surface area contributed by atoms with Gasteiger partial charge in [0.1, 0.15) is 5.70 Å². The topological polar surface area (TPSA) is 75.2 Å². The minimum absolute atomic E-state index is 0.227. The lowest BCUT2D eigenvalue weighted by Crippen LogP contribution is -2.30. The smallest absolute Gasteiger partial charge is 0.302 e. The second kappa shape index (κ2) is 4.93. The molecule has 3 heterocycles. The molecule has 0 atom stereocenters. The lowest BCUT2D eigenvalue weighted by molar-refractivity contribution is -0.113. The standard InChI is InChI=1S/C14H10N4O2/c19-13-12(8-10-3-6-15-7-4-10)17-14(20)18(13)11-2-1-5-16-9-11/h1-9H,(H,17,20)/b12-8-. The Morgan fingerprint density at radius 2 is 1.85 bits per heavy atom. The molecular formula is C14H10N4O2. The van der Waals surface area contributed by atoms with E-state index in [1.54, 1.807) is 48.9 Å². The number of anilines is 1. The van der Waals surface area contributed by atoms with Gasteiger partial charge in [0.05, 0.1) is 11.9 Å². The van der Waals surface area contributed by atoms with Crippen LogP contribution in [0.2, 0.25) is 0 Å². The molecule has 1 fully saturated rings. The number of amides is 3. The molecule has 6 nitrogen and oxygen atoms in total. The highest BCUT2D eigenvalue weighted by Crippen LogP contribution is 2.20. The number of aromatic nitrogens is 2. The molecule has 1 aliphatic rings. The molecule has 3 amide bonds. The van der Waals surface area contributed by atoms with E-state index in [0.29, 0.717) is 5.69 Å². The van der Waals surface area contributed by atoms with Gasteiger partial charge < -0.3 is 5.32 Å². The number of rotatable bonds is 2. The van der Waals surface area contributed by atoms with E-state index >= 15 is 0 Å². The quantitative estimate of drug-likeness (QED) is 0.661. The van der Waals surface area contributed by atoms with E-state index in [-0.39, 0.29) is 5.70 Å². The van der Waals surface area contributed by atoms with Gasteiger partial charge in [0.2, 0.25) is 0 Å². The van der Waals surface area contributed by atoms with Crippen LogP contribution in [0.1, 0.15) is 5.56 Å². The van der Waals surface area contributed by atoms with E-state index < -0.39 is 11.9 Å². The zero-order chi connectivity index (χ0) is 13.9. The maximum absolute atomic E-state index is 12.3. The van der Waals surface area contributed by atoms with E-state index in [1.165, 1.54) is 6.20 Å². The van der Waals surface area contributed by atoms with Gasteiger partial charge in [-0.1, -0.05) is 0 Å². The summed E-state index contributed by atoms with van der Waals surface area (Å²) in [6, 6.07) is 6.34. The second-order valence-corrected chi connectivity index (χ2v) is 4.12. The van der Waals surface area contributed by atoms with Gasteiger partial charge in [0.15, 0.2) is 0 Å². The first-order valence-electron chi connectivity index (χ1n) is 5.93. The predicted octanol–water partition coefficient (Wildman–Crippen LogP) is 1.57. The van der Waals surface area contributed by atoms with Gasteiger partial charge in [0.25, 0.3) is 5.91 Å². The van der Waals surface area contributed by atoms with Gasteiger partial charge >= 0.3 is 6.03 Å². The molecule has 1 saturated heterocycles. The molecule has 0 bridgehead atoms. The molecule has 2 aromatic heterocycles. The average molecular weight is 266 g/mol. The SMILES string of the molecule is O=C1N/C(=C\c2ccncc2)C(=O)N1c1cccnc1. The lowest BCUT2D eigenvalue weighted by Gasteiger charge is -2.10. The van der Waals surface area contributed by atoms with E-state index in [2.05, 4.69) is 15.3 Å². The summed E-state index contributed by atoms with van der Waals surface area (Å²) in [6.45, 7) is 0. The van der Waals surface area contributed by atoms with Gasteiger partial charge in [0, 0.05) is 18.6 Å². The average Bonchev–Trinajstić information content (AvgIpc) is 2.75. The highest BCUT2D eigenvalue weighted by molar-refractivity contribution is 6.28. The Kier molecular flexibility index (Phi) is 2.96. The fraction of sp³-hybridized carbons (Fsp3) is 0. The van der Waals surface area contributed by atoms with Gasteiger partial charge in [-0.2, -0.15) is 0 Å². The predicted molar refractivity (Wildman–Crippen MR) is 72.5 cm³/mol. The molecule has 0 spiro atoms. The van der Waals surface area contributed by atoms with Crippen molar-refractivity contribution in [3.63, 3.8) is 0 Å². The van der Waals surface area contributed by atoms with Crippen LogP contribution in [0.3, 0.4) is 0 Å². The summed E-state index contributed by atoms with van der Waals surface area (Å²) in [5.41, 5.74) is 1.45. The molecule has 0 radical (unpaired) electrons. The van der Waals surface area contributed by atoms with Crippen LogP contribution in [0, 0.1) is 0 Å². The number of nitrogens with one attached hydrogen (secondary N) is 1. The number of urea groups is 1. The Balaban J connectivity index is 1.93. The number of hydrogen-bond acceptors (Lipinski definition) is 4. The van der Waals surface area contributed by atoms with Gasteiger partial charge in [-0.15, -0.1) is 0 Å². The first-order chi connectivity index (χ1) is 9.75. The Labute approximate surface area is 114 Å². The Hall–Kier alpha value is -3.02. The lowest BCUT2D eigenvalue weighted by atomic mass is 10.2. The highest BCUT2D eigenvalue weighted by Gasteiger charge is 2.34. The molecule has 0 unspecified atom stereocenters. The van der Waals surface area contributed by atoms with E-state index in [9.17, 15) is 9.59 Å². The third kappa shape index (κ3) is 2.14. The zero-order valence-corrected chi connectivity index (χ0v) is 10.4. The molecular weight excluding hydrogens is 256 g/mol. The molecule has 6 heteroatoms. The number of pyridine rings is 2. The number of carbonyl (C=O) groups is 2. The number of imide groups is 1. The van der Waals surface area contributed by atoms with Crippen molar-refractivity contribution in [1.29, 1.82) is 0 Å². The Bertz CT molecular complexity index is 683. The number of hydrogen-bond donors (Lipinski definition) is 1. The molecule has 1 N–H and O–H groups in total. The maximum Gasteiger partial charge on any atom is 0.333 e. The monoisotopic (exact) mass is 266 g/mol. The molecule has 0 aliphatic carbocycles. The summed E-state index contributed by atoms with van der Waals surface area (Å²) >= 11 is 0. The summed E-state index contributed by atoms with van der Waals surface area (Å²) < 4.78 is 0. The van der Waals surface area contributed by atoms with Crippen molar-refractivity contribution in [3.05, 3.63) is 60.3 Å². The Morgan fingerprint density at radius 3 is 2.55 bits per heavy atom. The van der Waals surface area contributed by atoms with Crippen LogP contribution in [0.5, 0.6) is 0 Å². The van der Waals surface area contributed by atoms with E-state index in [0.717, 1.165) is 10.5 Å². The summed E-state index contributed by atoms with van der Waals surface area (Å²) in [4.78, 5) is 33.0. The van der Waals surface area contributed by atoms with Crippen LogP contribution < -0.4 is 10.2 Å². The van der Waals surface area contributed by atoms with Crippen LogP contribution in [0.4, 0.5) is 10.5 Å². The normalized spacial score (nSPS) is 16.6. The second-order valence-electron chi connectivity index (χ2n) is 4.12. The van der Waals surface area contributed by atoms with Crippen LogP contribution in [-0.2, 0) is 4.79 Å². The van der Waals surface area contributed by atoms with Crippen molar-refractivity contribution in [2.75, 3.05) is 4.90 Å². The molecule has 0 aromatic carbocycles. The van der Waals surface area contributed by atoms with Crippen molar-refractivity contribution in [2.45, 2.75) is 0 Å². The third-order valence-electron chi connectivity index (χ3n) is 2.80. The van der Waals surface area contributed by atoms with Crippen molar-refractivity contribution >= 4 is 23.7 Å². The summed E-state index contributed by atoms with van der Waals surface area (Å²) in [6.07, 6.45) is 7.89. The molecule has 0 saturated carbocycles. The van der Waals surface area contributed by atoms with Crippen molar-refractivity contribution in [2.24, 2.45) is 0 Å². The fourth-order valence-corrected chi connectivity index (χ4v) is 1.88. The van der Waals surface area contributed by atoms with Crippen molar-refractivity contribution < 1.29 is 9.59 Å². The molecule has 3 rings (SSSR count). The first-order valence-corrected chi connectivity index (χ1v) is 5.93. The number of nitrogens with zero attached hydrogens (tertiary/aromatic N) is 3. The largest absolute Gasteiger partial charge is 0.333 e. The summed E-state index contributed by atoms with van der Waals surface area (Å²) in [5.74, 6) is -0.403. The highest BCUT2D eigenvalue weighted by atomic mass is 16.2. The number of carbonyl (C=O) groups excluding carboxylic acids is 2. The van der Waals surface area contributed by atoms with Gasteiger partial charge in [-0.3, -0.25) is 14.8 Å². The van der Waals surface area contributed by atoms with Gasteiger partial charge in [-0.05, 0) is 35.9 Å². The van der Waals surface area contributed by atoms with E-state index in [1.807, 2.05) is 0 Å². The van der Waals surface area contributed by atoms with E-state index in [4.69, 9.17) is 0 Å². The molecule has 20 heavy (non-hydrogen) atoms. The van der Waals surface area contributed by atoms with Crippen LogP contribution in [0.15, 0.2) is 54.7 Å². The third-order valence-corrected chi connectivity index (χ3v) is 2.80. The minimum Gasteiger partial charge on any atom is -0.302 e. The Morgan fingerprint density at radius 1 is 1.05 bits per heavy atom. The van der Waals surface area contributed by atoms with Crippen molar-refractivity contribution in [3.8, 4) is 0 Å². The minimum atomic E-state index is -0.483. The van der Waals surface area contributed by atoms with Crippen LogP contribution >= 0.6 is 0 Å². The van der Waals surface area contributed by atoms with Crippen molar-refractivity contribution in [1.82, 2.24) is 15.3 Å². The van der Waals surface area contributed by atoms with Crippen LogP contribution in [0.25, 0.3) is 6.08 Å². The maximum atomic E-state index is 12.3. The summed E-state index contributed by atoms with van der Waals surface area (Å²) in [5, 5.41) is 2.55. The van der Waals surface area contributed by atoms with Crippen LogP contribution in [-0.4, -0.2) is 21.9 Å². The first kappa shape index (κ1) is 12.0. The zero-order valence-electron chi connectivity index (χ0n) is 10.4. The molecule has 2 aromatic rings.